The van der Waals surface area contributed by atoms with Crippen LogP contribution in [0.1, 0.15) is 19.8 Å². The van der Waals surface area contributed by atoms with Crippen molar-refractivity contribution < 1.29 is 14.3 Å². The number of ether oxygens (including phenoxy) is 2. The summed E-state index contributed by atoms with van der Waals surface area (Å²) >= 11 is 0. The summed E-state index contributed by atoms with van der Waals surface area (Å²) in [4.78, 5) is 14.9. The number of urea groups is 1. The molecule has 172 valence electrons. The van der Waals surface area contributed by atoms with Crippen molar-refractivity contribution >= 4 is 23.2 Å². The quantitative estimate of drug-likeness (QED) is 0.550. The number of aromatic nitrogens is 2. The van der Waals surface area contributed by atoms with Gasteiger partial charge in [0.25, 0.3) is 0 Å². The van der Waals surface area contributed by atoms with E-state index in [9.17, 15) is 4.79 Å². The average Bonchev–Trinajstić information content (AvgIpc) is 2.85. The topological polar surface area (TPSA) is 88.6 Å². The minimum atomic E-state index is -0.407. The van der Waals surface area contributed by atoms with Gasteiger partial charge < -0.3 is 25.0 Å². The highest BCUT2D eigenvalue weighted by Gasteiger charge is 2.17. The molecule has 0 atom stereocenters. The van der Waals surface area contributed by atoms with Gasteiger partial charge in [0.05, 0.1) is 19.9 Å². The number of methoxy groups -OCH3 is 2. The zero-order valence-electron chi connectivity index (χ0n) is 19.2. The summed E-state index contributed by atoms with van der Waals surface area (Å²) in [5.74, 6) is 2.70. The van der Waals surface area contributed by atoms with E-state index >= 15 is 0 Å². The van der Waals surface area contributed by atoms with Crippen LogP contribution in [0, 0.1) is 5.92 Å². The highest BCUT2D eigenvalue weighted by molar-refractivity contribution is 6.02. The van der Waals surface area contributed by atoms with Crippen molar-refractivity contribution in [3.05, 3.63) is 54.6 Å². The predicted octanol–water partition coefficient (Wildman–Crippen LogP) is 5.04. The normalized spacial score (nSPS) is 14.0. The molecule has 1 aliphatic rings. The van der Waals surface area contributed by atoms with Crippen molar-refractivity contribution in [3.8, 4) is 22.8 Å². The van der Waals surface area contributed by atoms with Crippen LogP contribution in [-0.2, 0) is 0 Å². The van der Waals surface area contributed by atoms with Crippen LogP contribution in [0.4, 0.5) is 22.0 Å². The maximum absolute atomic E-state index is 12.6. The Kier molecular flexibility index (Phi) is 6.92. The van der Waals surface area contributed by atoms with Gasteiger partial charge in [0.2, 0.25) is 0 Å². The van der Waals surface area contributed by atoms with Gasteiger partial charge in [-0.3, -0.25) is 0 Å². The maximum atomic E-state index is 12.6. The van der Waals surface area contributed by atoms with Crippen molar-refractivity contribution in [1.82, 2.24) is 10.2 Å². The van der Waals surface area contributed by atoms with E-state index in [2.05, 4.69) is 32.7 Å². The Balaban J connectivity index is 1.45. The number of nitrogens with zero attached hydrogens (tertiary/aromatic N) is 3. The average molecular weight is 448 g/mol. The first-order chi connectivity index (χ1) is 16.1. The van der Waals surface area contributed by atoms with Crippen molar-refractivity contribution in [2.75, 3.05) is 42.8 Å². The first-order valence-electron chi connectivity index (χ1n) is 11.1. The summed E-state index contributed by atoms with van der Waals surface area (Å²) in [7, 11) is 3.08. The molecule has 33 heavy (non-hydrogen) atoms. The van der Waals surface area contributed by atoms with Crippen LogP contribution in [0.3, 0.4) is 0 Å². The molecule has 0 radical (unpaired) electrons. The number of carbonyl (C=O) groups excluding carboxylic acids is 1. The van der Waals surface area contributed by atoms with Crippen LogP contribution in [0.2, 0.25) is 0 Å². The van der Waals surface area contributed by atoms with Crippen molar-refractivity contribution in [2.24, 2.45) is 5.92 Å². The number of para-hydroxylation sites is 1. The van der Waals surface area contributed by atoms with Gasteiger partial charge in [0, 0.05) is 24.3 Å². The van der Waals surface area contributed by atoms with Gasteiger partial charge in [-0.15, -0.1) is 10.2 Å². The summed E-state index contributed by atoms with van der Waals surface area (Å²) in [6.07, 6.45) is 2.36. The minimum absolute atomic E-state index is 0.407. The van der Waals surface area contributed by atoms with E-state index in [1.54, 1.807) is 32.4 Å². The highest BCUT2D eigenvalue weighted by atomic mass is 16.5. The number of anilines is 3. The number of hydrogen-bond donors (Lipinski definition) is 2. The number of nitrogens with one attached hydrogen (secondary N) is 2. The lowest BCUT2D eigenvalue weighted by Gasteiger charge is -2.30. The molecular formula is C25H29N5O3. The molecule has 2 N–H and O–H groups in total. The summed E-state index contributed by atoms with van der Waals surface area (Å²) in [6, 6.07) is 16.4. The van der Waals surface area contributed by atoms with E-state index in [1.165, 1.54) is 12.8 Å². The molecule has 0 spiro atoms. The lowest BCUT2D eigenvalue weighted by Crippen LogP contribution is -2.33. The Morgan fingerprint density at radius 2 is 1.64 bits per heavy atom. The van der Waals surface area contributed by atoms with Crippen molar-refractivity contribution in [2.45, 2.75) is 19.8 Å². The molecule has 8 nitrogen and oxygen atoms in total. The van der Waals surface area contributed by atoms with Crippen LogP contribution >= 0.6 is 0 Å². The molecule has 1 saturated heterocycles. The summed E-state index contributed by atoms with van der Waals surface area (Å²) in [5.41, 5.74) is 2.72. The Morgan fingerprint density at radius 3 is 2.27 bits per heavy atom. The zero-order valence-corrected chi connectivity index (χ0v) is 19.2. The molecule has 4 rings (SSSR count). The maximum Gasteiger partial charge on any atom is 0.323 e. The van der Waals surface area contributed by atoms with Crippen LogP contribution < -0.4 is 25.0 Å². The van der Waals surface area contributed by atoms with Gasteiger partial charge in [-0.1, -0.05) is 25.1 Å². The smallest absolute Gasteiger partial charge is 0.323 e. The van der Waals surface area contributed by atoms with E-state index in [-0.39, 0.29) is 0 Å². The Labute approximate surface area is 193 Å². The van der Waals surface area contributed by atoms with Crippen LogP contribution in [0.15, 0.2) is 54.6 Å². The number of benzene rings is 2. The van der Waals surface area contributed by atoms with Crippen LogP contribution in [-0.4, -0.2) is 43.5 Å². The number of hydrogen-bond acceptors (Lipinski definition) is 6. The molecule has 0 aliphatic carbocycles. The molecule has 0 unspecified atom stereocenters. The molecule has 2 amide bonds. The lowest BCUT2D eigenvalue weighted by atomic mass is 9.99. The fourth-order valence-corrected chi connectivity index (χ4v) is 3.89. The van der Waals surface area contributed by atoms with E-state index in [4.69, 9.17) is 9.47 Å². The first-order valence-corrected chi connectivity index (χ1v) is 11.1. The SMILES string of the molecule is COc1cccc(OC)c1NC(=O)Nc1cccc(-c2ccc(N3CCC(C)CC3)nn2)c1. The van der Waals surface area contributed by atoms with Gasteiger partial charge in [-0.05, 0) is 55.2 Å². The molecule has 2 aromatic carbocycles. The van der Waals surface area contributed by atoms with Gasteiger partial charge in [0.15, 0.2) is 5.82 Å². The molecule has 0 saturated carbocycles. The Bertz CT molecular complexity index is 1070. The third-order valence-corrected chi connectivity index (χ3v) is 5.84. The highest BCUT2D eigenvalue weighted by Crippen LogP contribution is 2.34. The fourth-order valence-electron chi connectivity index (χ4n) is 3.89. The third-order valence-electron chi connectivity index (χ3n) is 5.84. The van der Waals surface area contributed by atoms with Crippen LogP contribution in [0.25, 0.3) is 11.3 Å². The van der Waals surface area contributed by atoms with Gasteiger partial charge >= 0.3 is 6.03 Å². The molecular weight excluding hydrogens is 418 g/mol. The van der Waals surface area contributed by atoms with Gasteiger partial charge in [-0.25, -0.2) is 4.79 Å². The summed E-state index contributed by atoms with van der Waals surface area (Å²) < 4.78 is 10.7. The standard InChI is InChI=1S/C25H29N5O3/c1-17-12-14-30(15-13-17)23-11-10-20(28-29-23)18-6-4-7-19(16-18)26-25(31)27-24-21(32-2)8-5-9-22(24)33-3/h4-11,16-17H,12-15H2,1-3H3,(H2,26,27,31). The second-order valence-electron chi connectivity index (χ2n) is 8.14. The third kappa shape index (κ3) is 5.34. The number of rotatable bonds is 6. The molecule has 1 fully saturated rings. The number of amides is 2. The molecule has 8 heteroatoms. The van der Waals surface area contributed by atoms with Crippen molar-refractivity contribution in [1.29, 1.82) is 0 Å². The summed E-state index contributed by atoms with van der Waals surface area (Å²) in [6.45, 7) is 4.32. The monoisotopic (exact) mass is 447 g/mol. The zero-order chi connectivity index (χ0) is 23.2. The predicted molar refractivity (Wildman–Crippen MR) is 130 cm³/mol. The molecule has 1 aromatic heterocycles. The second-order valence-corrected chi connectivity index (χ2v) is 8.14. The van der Waals surface area contributed by atoms with Crippen molar-refractivity contribution in [3.63, 3.8) is 0 Å². The van der Waals surface area contributed by atoms with Gasteiger partial charge in [-0.2, -0.15) is 0 Å². The number of carbonyl (C=O) groups is 1. The van der Waals surface area contributed by atoms with Gasteiger partial charge in [0.1, 0.15) is 17.2 Å². The largest absolute Gasteiger partial charge is 0.494 e. The second kappa shape index (κ2) is 10.2. The van der Waals surface area contributed by atoms with E-state index < -0.39 is 6.03 Å². The number of piperidine rings is 1. The molecule has 0 bridgehead atoms. The Hall–Kier alpha value is -3.81. The lowest BCUT2D eigenvalue weighted by molar-refractivity contribution is 0.262. The first kappa shape index (κ1) is 22.4. The summed E-state index contributed by atoms with van der Waals surface area (Å²) in [5, 5.41) is 14.5. The van der Waals surface area contributed by atoms with E-state index in [0.717, 1.165) is 36.1 Å². The Morgan fingerprint density at radius 1 is 0.939 bits per heavy atom. The fraction of sp³-hybridized carbons (Fsp3) is 0.320. The molecule has 2 heterocycles. The molecule has 1 aliphatic heterocycles. The van der Waals surface area contributed by atoms with E-state index in [0.29, 0.717) is 22.9 Å². The molecule has 3 aromatic rings. The van der Waals surface area contributed by atoms with Crippen LogP contribution in [0.5, 0.6) is 11.5 Å². The van der Waals surface area contributed by atoms with E-state index in [1.807, 2.05) is 36.4 Å². The minimum Gasteiger partial charge on any atom is -0.494 e.